The van der Waals surface area contributed by atoms with Crippen LogP contribution >= 0.6 is 0 Å². The fourth-order valence-electron chi connectivity index (χ4n) is 3.04. The number of nitrogens with zero attached hydrogens (tertiary/aromatic N) is 3. The van der Waals surface area contributed by atoms with Crippen LogP contribution in [0.1, 0.15) is 33.1 Å². The van der Waals surface area contributed by atoms with Crippen molar-refractivity contribution in [3.63, 3.8) is 0 Å². The van der Waals surface area contributed by atoms with E-state index in [0.717, 1.165) is 24.1 Å². The van der Waals surface area contributed by atoms with Crippen LogP contribution in [0, 0.1) is 0 Å². The average molecular weight is 288 g/mol. The maximum Gasteiger partial charge on any atom is 0.201 e. The van der Waals surface area contributed by atoms with E-state index in [4.69, 9.17) is 5.73 Å². The highest BCUT2D eigenvalue weighted by Gasteiger charge is 2.19. The van der Waals surface area contributed by atoms with Gasteiger partial charge in [-0.25, -0.2) is 4.98 Å². The van der Waals surface area contributed by atoms with Crippen molar-refractivity contribution in [1.29, 1.82) is 0 Å². The summed E-state index contributed by atoms with van der Waals surface area (Å²) in [5, 5.41) is 10.0. The first-order valence-electron chi connectivity index (χ1n) is 7.67. The highest BCUT2D eigenvalue weighted by atomic mass is 16.3. The summed E-state index contributed by atoms with van der Waals surface area (Å²) in [6.45, 7) is 6.23. The van der Waals surface area contributed by atoms with Gasteiger partial charge in [0.05, 0.1) is 23.2 Å². The molecule has 0 unspecified atom stereocenters. The predicted molar refractivity (Wildman–Crippen MR) is 86.5 cm³/mol. The van der Waals surface area contributed by atoms with Gasteiger partial charge in [0.1, 0.15) is 0 Å². The van der Waals surface area contributed by atoms with E-state index in [1.54, 1.807) is 13.8 Å². The number of aromatic nitrogens is 2. The molecular formula is C16H24N4O. The lowest BCUT2D eigenvalue weighted by Gasteiger charge is -2.28. The number of aliphatic hydroxyl groups is 1. The zero-order chi connectivity index (χ0) is 15.0. The first-order valence-corrected chi connectivity index (χ1v) is 7.67. The molecule has 2 aromatic rings. The second kappa shape index (κ2) is 5.22. The van der Waals surface area contributed by atoms with Gasteiger partial charge in [0, 0.05) is 18.8 Å². The molecule has 0 spiro atoms. The third-order valence-electron chi connectivity index (χ3n) is 4.03. The Labute approximate surface area is 125 Å². The van der Waals surface area contributed by atoms with Crippen LogP contribution in [0.3, 0.4) is 0 Å². The number of imidazole rings is 1. The van der Waals surface area contributed by atoms with E-state index in [-0.39, 0.29) is 0 Å². The van der Waals surface area contributed by atoms with Crippen molar-refractivity contribution in [2.45, 2.75) is 45.3 Å². The van der Waals surface area contributed by atoms with Gasteiger partial charge in [0.2, 0.25) is 5.95 Å². The van der Waals surface area contributed by atoms with Crippen LogP contribution in [-0.2, 0) is 6.54 Å². The number of fused-ring (bicyclic) bond motifs is 1. The summed E-state index contributed by atoms with van der Waals surface area (Å²) in [4.78, 5) is 6.87. The SMILES string of the molecule is CC(C)(O)Cn1c(N)nc2cc(N3CCCCC3)ccc21. The Hall–Kier alpha value is -1.75. The minimum atomic E-state index is -0.812. The molecule has 0 radical (unpaired) electrons. The van der Waals surface area contributed by atoms with Gasteiger partial charge in [0.15, 0.2) is 0 Å². The zero-order valence-corrected chi connectivity index (χ0v) is 12.8. The molecule has 114 valence electrons. The maximum atomic E-state index is 10.0. The molecule has 5 nitrogen and oxygen atoms in total. The minimum Gasteiger partial charge on any atom is -0.389 e. The quantitative estimate of drug-likeness (QED) is 0.910. The third-order valence-corrected chi connectivity index (χ3v) is 4.03. The first-order chi connectivity index (χ1) is 9.94. The van der Waals surface area contributed by atoms with E-state index >= 15 is 0 Å². The number of hydrogen-bond acceptors (Lipinski definition) is 4. The summed E-state index contributed by atoms with van der Waals surface area (Å²) in [6.07, 6.45) is 3.84. The van der Waals surface area contributed by atoms with Gasteiger partial charge in [-0.15, -0.1) is 0 Å². The second-order valence-electron chi connectivity index (χ2n) is 6.59. The number of anilines is 2. The van der Waals surface area contributed by atoms with Crippen LogP contribution in [-0.4, -0.2) is 33.3 Å². The van der Waals surface area contributed by atoms with Crippen LogP contribution in [0.4, 0.5) is 11.6 Å². The summed E-state index contributed by atoms with van der Waals surface area (Å²) < 4.78 is 1.88. The lowest BCUT2D eigenvalue weighted by molar-refractivity contribution is 0.0633. The normalized spacial score (nSPS) is 16.6. The Morgan fingerprint density at radius 1 is 1.24 bits per heavy atom. The van der Waals surface area contributed by atoms with Gasteiger partial charge >= 0.3 is 0 Å². The Bertz CT molecular complexity index is 635. The summed E-state index contributed by atoms with van der Waals surface area (Å²) in [6, 6.07) is 6.31. The van der Waals surface area contributed by atoms with E-state index in [1.165, 1.54) is 24.9 Å². The van der Waals surface area contributed by atoms with E-state index in [2.05, 4.69) is 28.1 Å². The van der Waals surface area contributed by atoms with Crippen LogP contribution < -0.4 is 10.6 Å². The highest BCUT2D eigenvalue weighted by Crippen LogP contribution is 2.27. The van der Waals surface area contributed by atoms with Crippen molar-refractivity contribution in [2.75, 3.05) is 23.7 Å². The molecule has 3 N–H and O–H groups in total. The molecule has 1 fully saturated rings. The van der Waals surface area contributed by atoms with Crippen molar-refractivity contribution in [2.24, 2.45) is 0 Å². The highest BCUT2D eigenvalue weighted by molar-refractivity contribution is 5.82. The number of benzene rings is 1. The van der Waals surface area contributed by atoms with Crippen molar-refractivity contribution in [3.05, 3.63) is 18.2 Å². The number of nitrogens with two attached hydrogens (primary N) is 1. The Morgan fingerprint density at radius 2 is 1.95 bits per heavy atom. The van der Waals surface area contributed by atoms with E-state index in [1.807, 2.05) is 4.57 Å². The standard InChI is InChI=1S/C16H24N4O/c1-16(2,21)11-20-14-7-6-12(10-13(14)18-15(20)17)19-8-4-3-5-9-19/h6-7,10,21H,3-5,8-9,11H2,1-2H3,(H2,17,18). The number of piperidine rings is 1. The maximum absolute atomic E-state index is 10.0. The van der Waals surface area contributed by atoms with E-state index in [9.17, 15) is 5.11 Å². The van der Waals surface area contributed by atoms with Crippen LogP contribution in [0.25, 0.3) is 11.0 Å². The minimum absolute atomic E-state index is 0.443. The van der Waals surface area contributed by atoms with Crippen molar-refractivity contribution in [3.8, 4) is 0 Å². The monoisotopic (exact) mass is 288 g/mol. The summed E-state index contributed by atoms with van der Waals surface area (Å²) >= 11 is 0. The smallest absolute Gasteiger partial charge is 0.201 e. The first kappa shape index (κ1) is 14.2. The zero-order valence-electron chi connectivity index (χ0n) is 12.8. The Morgan fingerprint density at radius 3 is 2.62 bits per heavy atom. The van der Waals surface area contributed by atoms with Crippen molar-refractivity contribution >= 4 is 22.7 Å². The lowest BCUT2D eigenvalue weighted by atomic mass is 10.1. The summed E-state index contributed by atoms with van der Waals surface area (Å²) in [5.41, 5.74) is 8.31. The number of nitrogen functional groups attached to an aromatic ring is 1. The number of rotatable bonds is 3. The topological polar surface area (TPSA) is 67.3 Å². The van der Waals surface area contributed by atoms with Crippen molar-refractivity contribution in [1.82, 2.24) is 9.55 Å². The molecule has 0 aliphatic carbocycles. The Balaban J connectivity index is 1.96. The fraction of sp³-hybridized carbons (Fsp3) is 0.562. The van der Waals surface area contributed by atoms with Gasteiger partial charge in [-0.1, -0.05) is 0 Å². The molecule has 21 heavy (non-hydrogen) atoms. The Kier molecular flexibility index (Phi) is 3.53. The van der Waals surface area contributed by atoms with Crippen LogP contribution in [0.2, 0.25) is 0 Å². The molecule has 0 amide bonds. The molecule has 2 heterocycles. The predicted octanol–water partition coefficient (Wildman–Crippen LogP) is 2.38. The molecule has 5 heteroatoms. The van der Waals surface area contributed by atoms with Crippen LogP contribution in [0.5, 0.6) is 0 Å². The number of hydrogen-bond donors (Lipinski definition) is 2. The molecule has 1 aliphatic heterocycles. The summed E-state index contributed by atoms with van der Waals surface area (Å²) in [5.74, 6) is 0.461. The van der Waals surface area contributed by atoms with E-state index < -0.39 is 5.60 Å². The fourth-order valence-corrected chi connectivity index (χ4v) is 3.04. The largest absolute Gasteiger partial charge is 0.389 e. The average Bonchev–Trinajstić information content (AvgIpc) is 2.74. The van der Waals surface area contributed by atoms with Crippen molar-refractivity contribution < 1.29 is 5.11 Å². The van der Waals surface area contributed by atoms with Gasteiger partial charge < -0.3 is 20.3 Å². The van der Waals surface area contributed by atoms with E-state index in [0.29, 0.717) is 12.5 Å². The second-order valence-corrected chi connectivity index (χ2v) is 6.59. The molecule has 0 atom stereocenters. The summed E-state index contributed by atoms with van der Waals surface area (Å²) in [7, 11) is 0. The molecule has 1 aliphatic rings. The molecule has 1 aromatic heterocycles. The van der Waals surface area contributed by atoms with Gasteiger partial charge in [0.25, 0.3) is 0 Å². The molecular weight excluding hydrogens is 264 g/mol. The molecule has 1 aromatic carbocycles. The van der Waals surface area contributed by atoms with Gasteiger partial charge in [-0.3, -0.25) is 0 Å². The van der Waals surface area contributed by atoms with Gasteiger partial charge in [-0.2, -0.15) is 0 Å². The molecule has 3 rings (SSSR count). The third kappa shape index (κ3) is 2.97. The molecule has 0 saturated carbocycles. The lowest BCUT2D eigenvalue weighted by Crippen LogP contribution is -2.29. The van der Waals surface area contributed by atoms with Crippen LogP contribution in [0.15, 0.2) is 18.2 Å². The molecule has 0 bridgehead atoms. The molecule has 1 saturated heterocycles. The van der Waals surface area contributed by atoms with Gasteiger partial charge in [-0.05, 0) is 51.3 Å².